The zero-order chi connectivity index (χ0) is 27.6. The fourth-order valence-electron chi connectivity index (χ4n) is 6.74. The Hall–Kier alpha value is -5.67. The highest BCUT2D eigenvalue weighted by Gasteiger charge is 2.36. The van der Waals surface area contributed by atoms with Crippen molar-refractivity contribution in [3.05, 3.63) is 152 Å². The molecule has 0 aliphatic carbocycles. The summed E-state index contributed by atoms with van der Waals surface area (Å²) in [5.41, 5.74) is 12.7. The number of rotatable bonds is 2. The first kappa shape index (κ1) is 23.1. The minimum Gasteiger partial charge on any atom is -0.305 e. The van der Waals surface area contributed by atoms with Crippen LogP contribution >= 0.6 is 0 Å². The molecule has 0 fully saturated rings. The second-order valence-corrected chi connectivity index (χ2v) is 10.8. The van der Waals surface area contributed by atoms with Crippen molar-refractivity contribution in [3.8, 4) is 33.5 Å². The zero-order valence-corrected chi connectivity index (χ0v) is 22.8. The van der Waals surface area contributed by atoms with Crippen LogP contribution in [-0.2, 0) is 0 Å². The lowest BCUT2D eigenvalue weighted by atomic mass is 9.89. The van der Waals surface area contributed by atoms with Gasteiger partial charge in [0.2, 0.25) is 0 Å². The highest BCUT2D eigenvalue weighted by atomic mass is 15.3. The Morgan fingerprint density at radius 1 is 0.405 bits per heavy atom. The van der Waals surface area contributed by atoms with Crippen LogP contribution in [0.25, 0.3) is 44.3 Å². The fourth-order valence-corrected chi connectivity index (χ4v) is 6.74. The molecular weight excluding hydrogens is 510 g/mol. The van der Waals surface area contributed by atoms with Gasteiger partial charge in [-0.25, -0.2) is 4.98 Å². The molecule has 0 radical (unpaired) electrons. The standard InChI is InChI=1S/C39H25N3/c1-2-13-27(14-3-1)32-18-11-23-37(40-32)41-34-20-8-9-21-35(34)42-33-19-7-6-16-31(33)38-28-15-5-4-12-26(28)24-25-29(38)30-17-10-22-36(41)39(30)42/h1-25H. The molecule has 6 aromatic carbocycles. The van der Waals surface area contributed by atoms with Crippen molar-refractivity contribution in [3.63, 3.8) is 0 Å². The topological polar surface area (TPSA) is 19.4 Å². The number of pyridine rings is 1. The van der Waals surface area contributed by atoms with E-state index in [9.17, 15) is 0 Å². The summed E-state index contributed by atoms with van der Waals surface area (Å²) in [5, 5.41) is 2.51. The average molecular weight is 536 g/mol. The molecule has 0 atom stereocenters. The van der Waals surface area contributed by atoms with Gasteiger partial charge >= 0.3 is 0 Å². The van der Waals surface area contributed by atoms with E-state index < -0.39 is 0 Å². The van der Waals surface area contributed by atoms with Crippen LogP contribution in [0.2, 0.25) is 0 Å². The third kappa shape index (κ3) is 3.25. The van der Waals surface area contributed by atoms with Gasteiger partial charge in [-0.2, -0.15) is 0 Å². The number of benzene rings is 6. The molecule has 0 bridgehead atoms. The van der Waals surface area contributed by atoms with Crippen molar-refractivity contribution in [2.24, 2.45) is 0 Å². The predicted octanol–water partition coefficient (Wildman–Crippen LogP) is 10.8. The summed E-state index contributed by atoms with van der Waals surface area (Å²) in [4.78, 5) is 10.0. The lowest BCUT2D eigenvalue weighted by Crippen LogP contribution is -2.25. The largest absolute Gasteiger partial charge is 0.305 e. The van der Waals surface area contributed by atoms with Crippen LogP contribution in [0.5, 0.6) is 0 Å². The van der Waals surface area contributed by atoms with Crippen LogP contribution < -0.4 is 9.80 Å². The molecule has 0 saturated heterocycles. The Morgan fingerprint density at radius 3 is 1.95 bits per heavy atom. The second kappa shape index (κ2) is 8.92. The molecule has 7 aromatic rings. The smallest absolute Gasteiger partial charge is 0.138 e. The van der Waals surface area contributed by atoms with Crippen LogP contribution in [0, 0.1) is 0 Å². The van der Waals surface area contributed by atoms with Crippen LogP contribution in [0.4, 0.5) is 34.3 Å². The van der Waals surface area contributed by atoms with Gasteiger partial charge in [-0.3, -0.25) is 4.90 Å². The molecule has 196 valence electrons. The van der Waals surface area contributed by atoms with E-state index >= 15 is 0 Å². The van der Waals surface area contributed by atoms with Gasteiger partial charge < -0.3 is 4.90 Å². The van der Waals surface area contributed by atoms with E-state index in [-0.39, 0.29) is 0 Å². The summed E-state index contributed by atoms with van der Waals surface area (Å²) in [6.45, 7) is 0. The number of hydrogen-bond acceptors (Lipinski definition) is 3. The average Bonchev–Trinajstić information content (AvgIpc) is 3.19. The number of aromatic nitrogens is 1. The number of nitrogens with zero attached hydrogens (tertiary/aromatic N) is 3. The van der Waals surface area contributed by atoms with E-state index in [2.05, 4.69) is 155 Å². The SMILES string of the molecule is c1ccc(-c2cccc(N3c4ccccc4N4c5ccccc5-c5c(ccc6ccccc56)-c5cccc3c54)n2)cc1. The minimum absolute atomic E-state index is 0.896. The minimum atomic E-state index is 0.896. The number of anilines is 6. The van der Waals surface area contributed by atoms with Crippen molar-refractivity contribution in [2.75, 3.05) is 9.80 Å². The molecule has 1 aromatic heterocycles. The lowest BCUT2D eigenvalue weighted by molar-refractivity contribution is 1.13. The first-order valence-corrected chi connectivity index (χ1v) is 14.3. The van der Waals surface area contributed by atoms with E-state index in [4.69, 9.17) is 4.98 Å². The molecule has 9 rings (SSSR count). The molecule has 0 spiro atoms. The summed E-state index contributed by atoms with van der Waals surface area (Å²) < 4.78 is 0. The maximum Gasteiger partial charge on any atom is 0.138 e. The first-order valence-electron chi connectivity index (χ1n) is 14.3. The molecule has 3 heteroatoms. The van der Waals surface area contributed by atoms with Crippen molar-refractivity contribution in [2.45, 2.75) is 0 Å². The molecule has 0 amide bonds. The van der Waals surface area contributed by atoms with Gasteiger partial charge in [-0.1, -0.05) is 115 Å². The van der Waals surface area contributed by atoms with Gasteiger partial charge in [0.05, 0.1) is 34.1 Å². The van der Waals surface area contributed by atoms with Crippen LogP contribution in [0.3, 0.4) is 0 Å². The molecule has 2 aliphatic heterocycles. The summed E-state index contributed by atoms with van der Waals surface area (Å²) in [6.07, 6.45) is 0. The summed E-state index contributed by atoms with van der Waals surface area (Å²) in [6, 6.07) is 54.2. The quantitative estimate of drug-likeness (QED) is 0.219. The Bertz CT molecular complexity index is 2170. The zero-order valence-electron chi connectivity index (χ0n) is 22.8. The fraction of sp³-hybridized carbons (Fsp3) is 0. The van der Waals surface area contributed by atoms with E-state index in [0.29, 0.717) is 0 Å². The van der Waals surface area contributed by atoms with Gasteiger partial charge in [0, 0.05) is 16.7 Å². The van der Waals surface area contributed by atoms with Gasteiger partial charge in [0.15, 0.2) is 0 Å². The normalized spacial score (nSPS) is 12.7. The van der Waals surface area contributed by atoms with E-state index in [0.717, 1.165) is 34.1 Å². The highest BCUT2D eigenvalue weighted by molar-refractivity contribution is 6.16. The third-order valence-electron chi connectivity index (χ3n) is 8.51. The maximum absolute atomic E-state index is 5.22. The molecule has 3 nitrogen and oxygen atoms in total. The van der Waals surface area contributed by atoms with Crippen molar-refractivity contribution in [1.82, 2.24) is 4.98 Å². The van der Waals surface area contributed by atoms with Crippen molar-refractivity contribution in [1.29, 1.82) is 0 Å². The van der Waals surface area contributed by atoms with Crippen molar-refractivity contribution >= 4 is 45.0 Å². The molecular formula is C39H25N3. The van der Waals surface area contributed by atoms with Crippen LogP contribution in [-0.4, -0.2) is 4.98 Å². The molecule has 42 heavy (non-hydrogen) atoms. The lowest BCUT2D eigenvalue weighted by Gasteiger charge is -2.40. The Balaban J connectivity index is 1.38. The molecule has 3 heterocycles. The van der Waals surface area contributed by atoms with Gasteiger partial charge in [-0.05, 0) is 58.3 Å². The Labute approximate surface area is 244 Å². The van der Waals surface area contributed by atoms with Gasteiger partial charge in [0.1, 0.15) is 5.82 Å². The van der Waals surface area contributed by atoms with Gasteiger partial charge in [-0.15, -0.1) is 0 Å². The van der Waals surface area contributed by atoms with Crippen LogP contribution in [0.1, 0.15) is 0 Å². The molecule has 0 N–H and O–H groups in total. The highest BCUT2D eigenvalue weighted by Crippen LogP contribution is 2.61. The summed E-state index contributed by atoms with van der Waals surface area (Å²) >= 11 is 0. The predicted molar refractivity (Wildman–Crippen MR) is 175 cm³/mol. The number of fused-ring (bicyclic) bond motifs is 9. The van der Waals surface area contributed by atoms with Crippen molar-refractivity contribution < 1.29 is 0 Å². The molecule has 0 saturated carbocycles. The number of hydrogen-bond donors (Lipinski definition) is 0. The Morgan fingerprint density at radius 2 is 1.07 bits per heavy atom. The third-order valence-corrected chi connectivity index (χ3v) is 8.51. The molecule has 2 aliphatic rings. The first-order chi connectivity index (χ1) is 20.9. The molecule has 0 unspecified atom stereocenters. The Kier molecular flexibility index (Phi) is 4.90. The number of para-hydroxylation sites is 4. The monoisotopic (exact) mass is 535 g/mol. The van der Waals surface area contributed by atoms with E-state index in [1.54, 1.807) is 0 Å². The van der Waals surface area contributed by atoms with Gasteiger partial charge in [0.25, 0.3) is 0 Å². The maximum atomic E-state index is 5.22. The second-order valence-electron chi connectivity index (χ2n) is 10.8. The summed E-state index contributed by atoms with van der Waals surface area (Å²) in [7, 11) is 0. The summed E-state index contributed by atoms with van der Waals surface area (Å²) in [5.74, 6) is 0.896. The van der Waals surface area contributed by atoms with E-state index in [1.807, 2.05) is 6.07 Å². The van der Waals surface area contributed by atoms with E-state index in [1.165, 1.54) is 44.4 Å². The van der Waals surface area contributed by atoms with Crippen LogP contribution in [0.15, 0.2) is 152 Å².